The minimum absolute atomic E-state index is 0.191. The van der Waals surface area contributed by atoms with Crippen molar-refractivity contribution in [2.45, 2.75) is 17.7 Å². The smallest absolute Gasteiger partial charge is 0.304 e. The highest BCUT2D eigenvalue weighted by atomic mass is 32.2. The number of piperidine rings is 1. The highest BCUT2D eigenvalue weighted by Crippen LogP contribution is 2.21. The number of rotatable bonds is 5. The summed E-state index contributed by atoms with van der Waals surface area (Å²) in [5.41, 5.74) is -0.745. The fraction of sp³-hybridized carbons (Fsp3) is 0.500. The first-order valence-corrected chi connectivity index (χ1v) is 8.03. The number of nitrogens with one attached hydrogen (secondary N) is 2. The molecule has 116 valence electrons. The lowest BCUT2D eigenvalue weighted by Crippen LogP contribution is -2.38. The number of hydrogen-bond donors (Lipinski definition) is 2. The van der Waals surface area contributed by atoms with E-state index in [1.807, 2.05) is 0 Å². The quantitative estimate of drug-likeness (QED) is 0.623. The number of sulfonamides is 1. The molecule has 0 saturated carbocycles. The van der Waals surface area contributed by atoms with Gasteiger partial charge in [-0.15, -0.1) is 0 Å². The van der Waals surface area contributed by atoms with E-state index in [4.69, 9.17) is 0 Å². The molecule has 1 aliphatic heterocycles. The van der Waals surface area contributed by atoms with Crippen LogP contribution in [0, 0.1) is 21.8 Å². The number of hydrogen-bond acceptors (Lipinski definition) is 5. The first kappa shape index (κ1) is 15.8. The molecule has 7 nitrogen and oxygen atoms in total. The van der Waals surface area contributed by atoms with Gasteiger partial charge in [-0.25, -0.2) is 13.1 Å². The normalized spacial score (nSPS) is 19.4. The average molecular weight is 317 g/mol. The molecule has 0 aliphatic carbocycles. The third-order valence-corrected chi connectivity index (χ3v) is 4.81. The van der Waals surface area contributed by atoms with Gasteiger partial charge in [0.15, 0.2) is 0 Å². The fourth-order valence-corrected chi connectivity index (χ4v) is 3.34. The molecule has 1 aromatic carbocycles. The van der Waals surface area contributed by atoms with Crippen LogP contribution in [0.3, 0.4) is 0 Å². The molecule has 1 heterocycles. The molecule has 0 radical (unpaired) electrons. The zero-order valence-electron chi connectivity index (χ0n) is 11.2. The second kappa shape index (κ2) is 6.46. The summed E-state index contributed by atoms with van der Waals surface area (Å²) in [6.45, 7) is 1.92. The lowest BCUT2D eigenvalue weighted by atomic mass is 10.0. The van der Waals surface area contributed by atoms with Crippen LogP contribution in [0.4, 0.5) is 10.1 Å². The largest absolute Gasteiger partial charge is 0.316 e. The van der Waals surface area contributed by atoms with Crippen LogP contribution in [0.25, 0.3) is 0 Å². The highest BCUT2D eigenvalue weighted by molar-refractivity contribution is 7.89. The third-order valence-electron chi connectivity index (χ3n) is 3.39. The Labute approximate surface area is 121 Å². The van der Waals surface area contributed by atoms with Crippen molar-refractivity contribution in [1.82, 2.24) is 10.0 Å². The van der Waals surface area contributed by atoms with Crippen molar-refractivity contribution in [1.29, 1.82) is 0 Å². The maximum Gasteiger partial charge on any atom is 0.304 e. The molecule has 0 amide bonds. The summed E-state index contributed by atoms with van der Waals surface area (Å²) in [6, 6.07) is 2.55. The topological polar surface area (TPSA) is 101 Å². The molecule has 1 unspecified atom stereocenters. The van der Waals surface area contributed by atoms with Crippen LogP contribution in [0.1, 0.15) is 12.8 Å². The SMILES string of the molecule is O=[N+]([O-])c1ccc(S(=O)(=O)NCC2CCCNC2)cc1F. The van der Waals surface area contributed by atoms with Crippen LogP contribution >= 0.6 is 0 Å². The van der Waals surface area contributed by atoms with Crippen LogP contribution in [0.2, 0.25) is 0 Å². The van der Waals surface area contributed by atoms with E-state index in [1.165, 1.54) is 0 Å². The van der Waals surface area contributed by atoms with Crippen LogP contribution < -0.4 is 10.0 Å². The molecule has 0 spiro atoms. The second-order valence-electron chi connectivity index (χ2n) is 4.93. The minimum Gasteiger partial charge on any atom is -0.316 e. The predicted molar refractivity (Wildman–Crippen MR) is 73.8 cm³/mol. The van der Waals surface area contributed by atoms with Crippen LogP contribution in [-0.4, -0.2) is 33.0 Å². The van der Waals surface area contributed by atoms with E-state index in [9.17, 15) is 22.9 Å². The Kier molecular flexibility index (Phi) is 4.86. The zero-order valence-corrected chi connectivity index (χ0v) is 12.0. The van der Waals surface area contributed by atoms with Crippen molar-refractivity contribution < 1.29 is 17.7 Å². The van der Waals surface area contributed by atoms with E-state index >= 15 is 0 Å². The molecule has 2 N–H and O–H groups in total. The van der Waals surface area contributed by atoms with Gasteiger partial charge in [0.1, 0.15) is 0 Å². The lowest BCUT2D eigenvalue weighted by Gasteiger charge is -2.22. The van der Waals surface area contributed by atoms with Crippen molar-refractivity contribution in [2.24, 2.45) is 5.92 Å². The van der Waals surface area contributed by atoms with Gasteiger partial charge < -0.3 is 5.32 Å². The van der Waals surface area contributed by atoms with Gasteiger partial charge in [0, 0.05) is 18.7 Å². The van der Waals surface area contributed by atoms with Gasteiger partial charge in [-0.05, 0) is 37.9 Å². The van der Waals surface area contributed by atoms with E-state index in [0.29, 0.717) is 6.07 Å². The Balaban J connectivity index is 2.08. The first-order chi connectivity index (χ1) is 9.90. The summed E-state index contributed by atoms with van der Waals surface area (Å²) in [7, 11) is -3.86. The van der Waals surface area contributed by atoms with Gasteiger partial charge in [-0.3, -0.25) is 10.1 Å². The Morgan fingerprint density at radius 3 is 2.81 bits per heavy atom. The minimum atomic E-state index is -3.86. The Morgan fingerprint density at radius 1 is 1.48 bits per heavy atom. The molecular weight excluding hydrogens is 301 g/mol. The number of halogens is 1. The van der Waals surface area contributed by atoms with E-state index in [2.05, 4.69) is 10.0 Å². The summed E-state index contributed by atoms with van der Waals surface area (Å²) < 4.78 is 40.0. The summed E-state index contributed by atoms with van der Waals surface area (Å²) in [5.74, 6) is -0.973. The molecule has 1 saturated heterocycles. The fourth-order valence-electron chi connectivity index (χ4n) is 2.21. The predicted octanol–water partition coefficient (Wildman–Crippen LogP) is 1.01. The van der Waals surface area contributed by atoms with Crippen molar-refractivity contribution >= 4 is 15.7 Å². The summed E-state index contributed by atoms with van der Waals surface area (Å²) in [5, 5.41) is 13.7. The second-order valence-corrected chi connectivity index (χ2v) is 6.70. The number of nitrogens with zero attached hydrogens (tertiary/aromatic N) is 1. The average Bonchev–Trinajstić information content (AvgIpc) is 2.46. The zero-order chi connectivity index (χ0) is 15.5. The summed E-state index contributed by atoms with van der Waals surface area (Å²) >= 11 is 0. The van der Waals surface area contributed by atoms with Crippen LogP contribution in [0.5, 0.6) is 0 Å². The van der Waals surface area contributed by atoms with Crippen molar-refractivity contribution in [3.63, 3.8) is 0 Å². The molecule has 1 atom stereocenters. The number of nitro groups is 1. The molecule has 0 bridgehead atoms. The van der Waals surface area contributed by atoms with Gasteiger partial charge in [-0.2, -0.15) is 4.39 Å². The van der Waals surface area contributed by atoms with Gasteiger partial charge in [-0.1, -0.05) is 0 Å². The van der Waals surface area contributed by atoms with Crippen molar-refractivity contribution in [3.8, 4) is 0 Å². The first-order valence-electron chi connectivity index (χ1n) is 6.54. The molecular formula is C12H16FN3O4S. The molecule has 1 aliphatic rings. The number of nitro benzene ring substituents is 1. The third kappa shape index (κ3) is 3.96. The maximum absolute atomic E-state index is 13.5. The standard InChI is InChI=1S/C12H16FN3O4S/c13-11-6-10(3-4-12(11)16(17)18)21(19,20)15-8-9-2-1-5-14-7-9/h3-4,6,9,14-15H,1-2,5,7-8H2. The van der Waals surface area contributed by atoms with Gasteiger partial charge >= 0.3 is 5.69 Å². The van der Waals surface area contributed by atoms with Crippen LogP contribution in [-0.2, 0) is 10.0 Å². The van der Waals surface area contributed by atoms with Gasteiger partial charge in [0.25, 0.3) is 0 Å². The number of benzene rings is 1. The van der Waals surface area contributed by atoms with E-state index < -0.39 is 26.5 Å². The molecule has 1 aromatic rings. The molecule has 2 rings (SSSR count). The van der Waals surface area contributed by atoms with E-state index in [-0.39, 0.29) is 17.4 Å². The van der Waals surface area contributed by atoms with Gasteiger partial charge in [0.05, 0.1) is 9.82 Å². The van der Waals surface area contributed by atoms with E-state index in [0.717, 1.165) is 38.1 Å². The molecule has 0 aromatic heterocycles. The Morgan fingerprint density at radius 2 is 2.24 bits per heavy atom. The van der Waals surface area contributed by atoms with Crippen molar-refractivity contribution in [2.75, 3.05) is 19.6 Å². The Bertz CT molecular complexity index is 629. The molecule has 21 heavy (non-hydrogen) atoms. The van der Waals surface area contributed by atoms with E-state index in [1.54, 1.807) is 0 Å². The van der Waals surface area contributed by atoms with Crippen molar-refractivity contribution in [3.05, 3.63) is 34.1 Å². The molecule has 9 heteroatoms. The summed E-state index contributed by atoms with van der Waals surface area (Å²) in [4.78, 5) is 9.30. The van der Waals surface area contributed by atoms with Crippen LogP contribution in [0.15, 0.2) is 23.1 Å². The Hall–Kier alpha value is -1.58. The molecule has 1 fully saturated rings. The highest BCUT2D eigenvalue weighted by Gasteiger charge is 2.22. The lowest BCUT2D eigenvalue weighted by molar-refractivity contribution is -0.387. The maximum atomic E-state index is 13.5. The monoisotopic (exact) mass is 317 g/mol. The summed E-state index contributed by atoms with van der Waals surface area (Å²) in [6.07, 6.45) is 1.91. The van der Waals surface area contributed by atoms with Gasteiger partial charge in [0.2, 0.25) is 15.8 Å².